The SMILES string of the molecule is Cc1ccc(NC(=O)/C(C#N)=C/c2c(Cc3ccccc3Br)ccc3ccccc23)cc1Cl. The number of hydrogen-bond donors (Lipinski definition) is 1. The van der Waals surface area contributed by atoms with Gasteiger partial charge in [-0.25, -0.2) is 0 Å². The molecule has 4 aromatic rings. The lowest BCUT2D eigenvalue weighted by atomic mass is 9.93. The lowest BCUT2D eigenvalue weighted by molar-refractivity contribution is -0.112. The molecule has 5 heteroatoms. The maximum atomic E-state index is 13.0. The Bertz CT molecular complexity index is 1440. The molecule has 0 spiro atoms. The van der Waals surface area contributed by atoms with Gasteiger partial charge in [-0.05, 0) is 70.6 Å². The van der Waals surface area contributed by atoms with Gasteiger partial charge in [-0.1, -0.05) is 88.2 Å². The zero-order valence-corrected chi connectivity index (χ0v) is 20.2. The Morgan fingerprint density at radius 3 is 2.55 bits per heavy atom. The first-order valence-corrected chi connectivity index (χ1v) is 11.6. The quantitative estimate of drug-likeness (QED) is 0.219. The number of amides is 1. The summed E-state index contributed by atoms with van der Waals surface area (Å²) in [5.41, 5.74) is 4.49. The highest BCUT2D eigenvalue weighted by Gasteiger charge is 2.14. The van der Waals surface area contributed by atoms with Gasteiger partial charge < -0.3 is 5.32 Å². The van der Waals surface area contributed by atoms with Crippen LogP contribution in [-0.2, 0) is 11.2 Å². The second-order valence-corrected chi connectivity index (χ2v) is 8.98. The maximum Gasteiger partial charge on any atom is 0.266 e. The van der Waals surface area contributed by atoms with Crippen molar-refractivity contribution in [3.8, 4) is 6.07 Å². The first-order valence-electron chi connectivity index (χ1n) is 10.4. The van der Waals surface area contributed by atoms with Crippen LogP contribution in [0.4, 0.5) is 5.69 Å². The molecule has 0 fully saturated rings. The van der Waals surface area contributed by atoms with Crippen LogP contribution in [0.3, 0.4) is 0 Å². The molecule has 0 radical (unpaired) electrons. The zero-order valence-electron chi connectivity index (χ0n) is 17.9. The van der Waals surface area contributed by atoms with Crippen molar-refractivity contribution < 1.29 is 4.79 Å². The lowest BCUT2D eigenvalue weighted by Gasteiger charge is -2.13. The molecule has 0 aliphatic heterocycles. The van der Waals surface area contributed by atoms with Gasteiger partial charge in [0.25, 0.3) is 5.91 Å². The number of benzene rings is 4. The van der Waals surface area contributed by atoms with Gasteiger partial charge in [0.1, 0.15) is 11.6 Å². The van der Waals surface area contributed by atoms with E-state index in [0.29, 0.717) is 17.1 Å². The molecule has 0 bridgehead atoms. The van der Waals surface area contributed by atoms with Crippen molar-refractivity contribution >= 4 is 56.0 Å². The largest absolute Gasteiger partial charge is 0.321 e. The Balaban J connectivity index is 1.77. The molecule has 0 aliphatic rings. The normalized spacial score (nSPS) is 11.3. The summed E-state index contributed by atoms with van der Waals surface area (Å²) in [6.45, 7) is 1.89. The molecule has 3 nitrogen and oxygen atoms in total. The van der Waals surface area contributed by atoms with Gasteiger partial charge in [-0.15, -0.1) is 0 Å². The Hall–Kier alpha value is -3.39. The molecule has 4 aromatic carbocycles. The molecule has 0 aliphatic carbocycles. The molecule has 1 amide bonds. The number of nitrogens with one attached hydrogen (secondary N) is 1. The number of halogens is 2. The fourth-order valence-corrected chi connectivity index (χ4v) is 4.28. The molecule has 0 saturated carbocycles. The van der Waals surface area contributed by atoms with Crippen molar-refractivity contribution in [2.75, 3.05) is 5.32 Å². The van der Waals surface area contributed by atoms with Crippen molar-refractivity contribution in [3.05, 3.63) is 116 Å². The number of rotatable bonds is 5. The van der Waals surface area contributed by atoms with Gasteiger partial charge in [-0.2, -0.15) is 5.26 Å². The van der Waals surface area contributed by atoms with Crippen LogP contribution in [0.2, 0.25) is 5.02 Å². The predicted octanol–water partition coefficient (Wildman–Crippen LogP) is 7.70. The smallest absolute Gasteiger partial charge is 0.266 e. The van der Waals surface area contributed by atoms with Crippen LogP contribution in [-0.4, -0.2) is 5.91 Å². The summed E-state index contributed by atoms with van der Waals surface area (Å²) in [5, 5.41) is 15.2. The second kappa shape index (κ2) is 10.0. The Labute approximate surface area is 206 Å². The third-order valence-electron chi connectivity index (χ3n) is 5.48. The van der Waals surface area contributed by atoms with Crippen LogP contribution in [0.15, 0.2) is 88.9 Å². The van der Waals surface area contributed by atoms with Crippen molar-refractivity contribution in [3.63, 3.8) is 0 Å². The third kappa shape index (κ3) is 5.17. The summed E-state index contributed by atoms with van der Waals surface area (Å²) in [4.78, 5) is 13.0. The highest BCUT2D eigenvalue weighted by Crippen LogP contribution is 2.29. The molecular weight excluding hydrogens is 496 g/mol. The molecule has 0 heterocycles. The highest BCUT2D eigenvalue weighted by atomic mass is 79.9. The lowest BCUT2D eigenvalue weighted by Crippen LogP contribution is -2.13. The minimum atomic E-state index is -0.475. The predicted molar refractivity (Wildman–Crippen MR) is 139 cm³/mol. The van der Waals surface area contributed by atoms with Crippen LogP contribution in [0, 0.1) is 18.3 Å². The number of anilines is 1. The first-order chi connectivity index (χ1) is 16.0. The average Bonchev–Trinajstić information content (AvgIpc) is 2.82. The Kier molecular flexibility index (Phi) is 6.93. The Morgan fingerprint density at radius 2 is 1.79 bits per heavy atom. The van der Waals surface area contributed by atoms with Crippen molar-refractivity contribution in [2.45, 2.75) is 13.3 Å². The monoisotopic (exact) mass is 514 g/mol. The minimum absolute atomic E-state index is 0.0245. The van der Waals surface area contributed by atoms with E-state index in [1.165, 1.54) is 0 Å². The molecule has 0 unspecified atom stereocenters. The van der Waals surface area contributed by atoms with E-state index >= 15 is 0 Å². The Morgan fingerprint density at radius 1 is 1.03 bits per heavy atom. The molecule has 4 rings (SSSR count). The van der Waals surface area contributed by atoms with E-state index in [4.69, 9.17) is 11.6 Å². The maximum absolute atomic E-state index is 13.0. The second-order valence-electron chi connectivity index (χ2n) is 7.72. The molecule has 162 valence electrons. The van der Waals surface area contributed by atoms with Gasteiger partial charge in [0.05, 0.1) is 0 Å². The summed E-state index contributed by atoms with van der Waals surface area (Å²) in [6, 6.07) is 27.5. The number of fused-ring (bicyclic) bond motifs is 1. The number of carbonyl (C=O) groups excluding carboxylic acids is 1. The van der Waals surface area contributed by atoms with Gasteiger partial charge in [-0.3, -0.25) is 4.79 Å². The number of nitrogens with zero attached hydrogens (tertiary/aromatic N) is 1. The van der Waals surface area contributed by atoms with Gasteiger partial charge in [0, 0.05) is 15.2 Å². The molecule has 33 heavy (non-hydrogen) atoms. The summed E-state index contributed by atoms with van der Waals surface area (Å²) < 4.78 is 1.02. The summed E-state index contributed by atoms with van der Waals surface area (Å²) in [6.07, 6.45) is 2.34. The van der Waals surface area contributed by atoms with E-state index in [2.05, 4.69) is 45.5 Å². The molecule has 0 saturated heterocycles. The number of nitriles is 1. The van der Waals surface area contributed by atoms with Crippen molar-refractivity contribution in [1.82, 2.24) is 0 Å². The third-order valence-corrected chi connectivity index (χ3v) is 6.66. The molecular formula is C28H20BrClN2O. The number of aryl methyl sites for hydroxylation is 1. The van der Waals surface area contributed by atoms with E-state index in [9.17, 15) is 10.1 Å². The topological polar surface area (TPSA) is 52.9 Å². The van der Waals surface area contributed by atoms with Crippen LogP contribution >= 0.6 is 27.5 Å². The van der Waals surface area contributed by atoms with E-state index in [-0.39, 0.29) is 5.57 Å². The van der Waals surface area contributed by atoms with Gasteiger partial charge >= 0.3 is 0 Å². The van der Waals surface area contributed by atoms with E-state index in [0.717, 1.165) is 37.5 Å². The average molecular weight is 516 g/mol. The van der Waals surface area contributed by atoms with Crippen LogP contribution in [0.25, 0.3) is 16.8 Å². The van der Waals surface area contributed by atoms with Gasteiger partial charge in [0.2, 0.25) is 0 Å². The standard InChI is InChI=1S/C28H20BrClN2O/c1-18-10-13-23(16-27(18)30)32-28(33)22(17-31)15-25-20(14-21-7-3-5-9-26(21)29)12-11-19-6-2-4-8-24(19)25/h2-13,15-16H,14H2,1H3,(H,32,33)/b22-15+. The number of carbonyl (C=O) groups is 1. The van der Waals surface area contributed by atoms with Crippen LogP contribution in [0.5, 0.6) is 0 Å². The fourth-order valence-electron chi connectivity index (χ4n) is 3.67. The molecule has 0 aromatic heterocycles. The minimum Gasteiger partial charge on any atom is -0.321 e. The summed E-state index contributed by atoms with van der Waals surface area (Å²) in [5.74, 6) is -0.475. The van der Waals surface area contributed by atoms with Crippen LogP contribution in [0.1, 0.15) is 22.3 Å². The first kappa shape index (κ1) is 22.8. The molecule has 1 N–H and O–H groups in total. The fraction of sp³-hybridized carbons (Fsp3) is 0.0714. The zero-order chi connectivity index (χ0) is 23.4. The van der Waals surface area contributed by atoms with Crippen molar-refractivity contribution in [1.29, 1.82) is 5.26 Å². The molecule has 0 atom stereocenters. The van der Waals surface area contributed by atoms with Crippen molar-refractivity contribution in [2.24, 2.45) is 0 Å². The van der Waals surface area contributed by atoms with E-state index < -0.39 is 5.91 Å². The highest BCUT2D eigenvalue weighted by molar-refractivity contribution is 9.10. The summed E-state index contributed by atoms with van der Waals surface area (Å²) >= 11 is 9.80. The van der Waals surface area contributed by atoms with E-state index in [1.54, 1.807) is 18.2 Å². The summed E-state index contributed by atoms with van der Waals surface area (Å²) in [7, 11) is 0. The van der Waals surface area contributed by atoms with E-state index in [1.807, 2.05) is 55.5 Å². The van der Waals surface area contributed by atoms with Crippen LogP contribution < -0.4 is 5.32 Å². The number of hydrogen-bond acceptors (Lipinski definition) is 2. The van der Waals surface area contributed by atoms with Gasteiger partial charge in [0.15, 0.2) is 0 Å².